The van der Waals surface area contributed by atoms with Crippen molar-refractivity contribution in [3.8, 4) is 5.75 Å². The summed E-state index contributed by atoms with van der Waals surface area (Å²) in [6.07, 6.45) is 2.36. The lowest BCUT2D eigenvalue weighted by atomic mass is 9.91. The van der Waals surface area contributed by atoms with E-state index in [1.165, 1.54) is 24.0 Å². The summed E-state index contributed by atoms with van der Waals surface area (Å²) in [4.78, 5) is 14.1. The average Bonchev–Trinajstić information content (AvgIpc) is 3.37. The maximum atomic E-state index is 12.3. The summed E-state index contributed by atoms with van der Waals surface area (Å²) in [6, 6.07) is 6.26. The molecule has 0 saturated heterocycles. The average molecular weight is 347 g/mol. The third-order valence-corrected chi connectivity index (χ3v) is 4.34. The van der Waals surface area contributed by atoms with Crippen molar-refractivity contribution in [2.24, 2.45) is 5.92 Å². The fourth-order valence-corrected chi connectivity index (χ4v) is 2.93. The highest BCUT2D eigenvalue weighted by molar-refractivity contribution is 5.69. The Bertz CT molecular complexity index is 587. The van der Waals surface area contributed by atoms with Crippen molar-refractivity contribution in [1.82, 2.24) is 4.90 Å². The zero-order valence-corrected chi connectivity index (χ0v) is 16.6. The Morgan fingerprint density at radius 2 is 1.92 bits per heavy atom. The molecule has 1 saturated carbocycles. The molecule has 140 valence electrons. The van der Waals surface area contributed by atoms with Crippen LogP contribution in [-0.2, 0) is 11.3 Å². The number of fused-ring (bicyclic) bond motifs is 1. The van der Waals surface area contributed by atoms with Crippen LogP contribution in [0, 0.1) is 5.92 Å². The van der Waals surface area contributed by atoms with Gasteiger partial charge in [0.1, 0.15) is 11.4 Å². The highest BCUT2D eigenvalue weighted by Gasteiger charge is 2.29. The lowest BCUT2D eigenvalue weighted by Gasteiger charge is -2.34. The van der Waals surface area contributed by atoms with Crippen molar-refractivity contribution in [2.75, 3.05) is 13.2 Å². The molecule has 1 amide bonds. The molecule has 3 rings (SSSR count). The van der Waals surface area contributed by atoms with Gasteiger partial charge in [0.05, 0.1) is 6.61 Å². The van der Waals surface area contributed by atoms with Gasteiger partial charge in [0, 0.05) is 13.1 Å². The van der Waals surface area contributed by atoms with Crippen molar-refractivity contribution in [3.63, 3.8) is 0 Å². The number of hydrogen-bond donors (Lipinski definition) is 0. The molecule has 0 N–H and O–H groups in total. The van der Waals surface area contributed by atoms with Gasteiger partial charge in [-0.05, 0) is 68.7 Å². The number of carbonyl (C=O) groups excluding carboxylic acids is 1. The number of benzene rings is 1. The van der Waals surface area contributed by atoms with E-state index in [0.717, 1.165) is 18.3 Å². The zero-order chi connectivity index (χ0) is 18.6. The minimum Gasteiger partial charge on any atom is -0.493 e. The maximum absolute atomic E-state index is 12.3. The molecular formula is C21H33NO3. The molecule has 25 heavy (non-hydrogen) atoms. The first kappa shape index (κ1) is 19.6. The monoisotopic (exact) mass is 347 g/mol. The Morgan fingerprint density at radius 1 is 1.24 bits per heavy atom. The van der Waals surface area contributed by atoms with Gasteiger partial charge in [0.2, 0.25) is 0 Å². The molecule has 1 aliphatic heterocycles. The number of ether oxygens (including phenoxy) is 2. The smallest absolute Gasteiger partial charge is 0.410 e. The molecule has 0 bridgehead atoms. The van der Waals surface area contributed by atoms with E-state index >= 15 is 0 Å². The summed E-state index contributed by atoms with van der Waals surface area (Å²) < 4.78 is 11.4. The van der Waals surface area contributed by atoms with Crippen molar-refractivity contribution < 1.29 is 14.3 Å². The van der Waals surface area contributed by atoms with E-state index in [4.69, 9.17) is 9.47 Å². The molecule has 2 aliphatic rings. The van der Waals surface area contributed by atoms with Gasteiger partial charge in [0.15, 0.2) is 0 Å². The van der Waals surface area contributed by atoms with Crippen molar-refractivity contribution in [2.45, 2.75) is 72.4 Å². The topological polar surface area (TPSA) is 38.8 Å². The molecule has 1 atom stereocenters. The first-order chi connectivity index (χ1) is 11.8. The van der Waals surface area contributed by atoms with Crippen LogP contribution in [0.3, 0.4) is 0 Å². The molecule has 1 aliphatic carbocycles. The number of hydrogen-bond acceptors (Lipinski definition) is 3. The minimum absolute atomic E-state index is 0.232. The van der Waals surface area contributed by atoms with Crippen LogP contribution in [-0.4, -0.2) is 29.7 Å². The molecule has 0 spiro atoms. The van der Waals surface area contributed by atoms with Crippen LogP contribution in [0.2, 0.25) is 0 Å². The van der Waals surface area contributed by atoms with Crippen molar-refractivity contribution >= 4 is 6.09 Å². The van der Waals surface area contributed by atoms with Gasteiger partial charge in [-0.3, -0.25) is 0 Å². The summed E-state index contributed by atoms with van der Waals surface area (Å²) in [5, 5.41) is 0. The summed E-state index contributed by atoms with van der Waals surface area (Å²) in [7, 11) is 0. The SMILES string of the molecule is CC.CC1CN(C(=O)OC(C)(C)C)Cc2ccc(OCC3CC3)cc21. The molecule has 1 unspecified atom stereocenters. The first-order valence-electron chi connectivity index (χ1n) is 9.55. The van der Waals surface area contributed by atoms with Crippen LogP contribution in [0.1, 0.15) is 71.4 Å². The van der Waals surface area contributed by atoms with Gasteiger partial charge in [-0.25, -0.2) is 4.79 Å². The Balaban J connectivity index is 0.00000109. The second kappa shape index (κ2) is 8.11. The Kier molecular flexibility index (Phi) is 6.36. The summed E-state index contributed by atoms with van der Waals surface area (Å²) in [5.74, 6) is 2.00. The molecular weight excluding hydrogens is 314 g/mol. The van der Waals surface area contributed by atoms with Crippen LogP contribution >= 0.6 is 0 Å². The third-order valence-electron chi connectivity index (χ3n) is 4.34. The molecule has 0 radical (unpaired) electrons. The van der Waals surface area contributed by atoms with Crippen molar-refractivity contribution in [3.05, 3.63) is 29.3 Å². The van der Waals surface area contributed by atoms with Gasteiger partial charge in [-0.2, -0.15) is 0 Å². The highest BCUT2D eigenvalue weighted by atomic mass is 16.6. The fourth-order valence-electron chi connectivity index (χ4n) is 2.93. The van der Waals surface area contributed by atoms with E-state index in [1.54, 1.807) is 4.90 Å². The second-order valence-corrected chi connectivity index (χ2v) is 7.88. The largest absolute Gasteiger partial charge is 0.493 e. The van der Waals surface area contributed by atoms with Crippen LogP contribution in [0.15, 0.2) is 18.2 Å². The molecule has 4 heteroatoms. The number of amides is 1. The van der Waals surface area contributed by atoms with Gasteiger partial charge >= 0.3 is 6.09 Å². The predicted octanol–water partition coefficient (Wildman–Crippen LogP) is 5.36. The Hall–Kier alpha value is -1.71. The van der Waals surface area contributed by atoms with Crippen LogP contribution in [0.5, 0.6) is 5.75 Å². The normalized spacial score (nSPS) is 19.4. The lowest BCUT2D eigenvalue weighted by Crippen LogP contribution is -2.41. The summed E-state index contributed by atoms with van der Waals surface area (Å²) >= 11 is 0. The third kappa shape index (κ3) is 5.65. The van der Waals surface area contributed by atoms with E-state index in [2.05, 4.69) is 19.1 Å². The van der Waals surface area contributed by atoms with Gasteiger partial charge < -0.3 is 14.4 Å². The Morgan fingerprint density at radius 3 is 2.52 bits per heavy atom. The van der Waals surface area contributed by atoms with Gasteiger partial charge in [0.25, 0.3) is 0 Å². The second-order valence-electron chi connectivity index (χ2n) is 7.88. The molecule has 4 nitrogen and oxygen atoms in total. The molecule has 1 aromatic carbocycles. The van der Waals surface area contributed by atoms with Gasteiger partial charge in [-0.15, -0.1) is 0 Å². The molecule has 1 aromatic rings. The number of nitrogens with zero attached hydrogens (tertiary/aromatic N) is 1. The van der Waals surface area contributed by atoms with E-state index in [0.29, 0.717) is 13.1 Å². The molecule has 1 heterocycles. The first-order valence-corrected chi connectivity index (χ1v) is 9.55. The van der Waals surface area contributed by atoms with E-state index in [1.807, 2.05) is 40.7 Å². The van der Waals surface area contributed by atoms with Crippen LogP contribution in [0.25, 0.3) is 0 Å². The van der Waals surface area contributed by atoms with E-state index in [9.17, 15) is 4.79 Å². The lowest BCUT2D eigenvalue weighted by molar-refractivity contribution is 0.0209. The Labute approximate surface area is 152 Å². The van der Waals surface area contributed by atoms with Crippen LogP contribution < -0.4 is 4.74 Å². The molecule has 1 fully saturated rings. The summed E-state index contributed by atoms with van der Waals surface area (Å²) in [6.45, 7) is 14.0. The van der Waals surface area contributed by atoms with E-state index in [-0.39, 0.29) is 12.0 Å². The summed E-state index contributed by atoms with van der Waals surface area (Å²) in [5.41, 5.74) is 2.02. The van der Waals surface area contributed by atoms with E-state index < -0.39 is 5.60 Å². The predicted molar refractivity (Wildman–Crippen MR) is 101 cm³/mol. The number of carbonyl (C=O) groups is 1. The van der Waals surface area contributed by atoms with Crippen LogP contribution in [0.4, 0.5) is 4.79 Å². The quantitative estimate of drug-likeness (QED) is 0.739. The maximum Gasteiger partial charge on any atom is 0.410 e. The fraction of sp³-hybridized carbons (Fsp3) is 0.667. The minimum atomic E-state index is -0.457. The standard InChI is InChI=1S/C19H27NO3.C2H6/c1-13-10-20(18(21)23-19(2,3)4)11-15-7-8-16(9-17(13)15)22-12-14-5-6-14;1-2/h7-9,13-14H,5-6,10-12H2,1-4H3;1-2H3. The zero-order valence-electron chi connectivity index (χ0n) is 16.6. The molecule has 0 aromatic heterocycles. The van der Waals surface area contributed by atoms with Crippen molar-refractivity contribution in [1.29, 1.82) is 0 Å². The number of rotatable bonds is 3. The highest BCUT2D eigenvalue weighted by Crippen LogP contribution is 2.33. The van der Waals surface area contributed by atoms with Gasteiger partial charge in [-0.1, -0.05) is 26.8 Å².